The van der Waals surface area contributed by atoms with Crippen LogP contribution in [0.3, 0.4) is 0 Å². The van der Waals surface area contributed by atoms with E-state index in [4.69, 9.17) is 4.74 Å². The molecule has 0 saturated carbocycles. The third-order valence-corrected chi connectivity index (χ3v) is 3.12. The molecule has 1 aromatic heterocycles. The molecule has 0 aliphatic carbocycles. The predicted octanol–water partition coefficient (Wildman–Crippen LogP) is 0.274. The van der Waals surface area contributed by atoms with Crippen LogP contribution in [-0.4, -0.2) is 58.0 Å². The fourth-order valence-corrected chi connectivity index (χ4v) is 2.27. The molecule has 9 heteroatoms. The third-order valence-electron chi connectivity index (χ3n) is 3.12. The van der Waals surface area contributed by atoms with Gasteiger partial charge in [0.05, 0.1) is 23.7 Å². The average Bonchev–Trinajstić information content (AvgIpc) is 2.45. The van der Waals surface area contributed by atoms with Crippen molar-refractivity contribution in [2.45, 2.75) is 19.1 Å². The number of aliphatic hydroxyl groups excluding tert-OH is 1. The second-order valence-corrected chi connectivity index (χ2v) is 4.78. The minimum atomic E-state index is -1.29. The highest BCUT2D eigenvalue weighted by atomic mass is 16.6. The van der Waals surface area contributed by atoms with Crippen molar-refractivity contribution < 1.29 is 24.7 Å². The lowest BCUT2D eigenvalue weighted by atomic mass is 10.1. The Labute approximate surface area is 119 Å². The zero-order valence-corrected chi connectivity index (χ0v) is 11.3. The van der Waals surface area contributed by atoms with E-state index in [0.717, 1.165) is 12.3 Å². The Bertz CT molecular complexity index is 564. The maximum absolute atomic E-state index is 11.3. The Morgan fingerprint density at radius 1 is 1.62 bits per heavy atom. The molecule has 114 valence electrons. The van der Waals surface area contributed by atoms with Crippen LogP contribution in [0.4, 0.5) is 11.5 Å². The minimum absolute atomic E-state index is 0.140. The number of nitrogens with zero attached hydrogens (tertiary/aromatic N) is 3. The van der Waals surface area contributed by atoms with Gasteiger partial charge < -0.3 is 19.8 Å². The minimum Gasteiger partial charge on any atom is -0.478 e. The van der Waals surface area contributed by atoms with Gasteiger partial charge in [-0.15, -0.1) is 0 Å². The van der Waals surface area contributed by atoms with E-state index in [0.29, 0.717) is 6.54 Å². The molecule has 1 aliphatic rings. The average molecular weight is 297 g/mol. The monoisotopic (exact) mass is 297 g/mol. The number of anilines is 1. The van der Waals surface area contributed by atoms with E-state index in [9.17, 15) is 25.1 Å². The van der Waals surface area contributed by atoms with Crippen LogP contribution in [0, 0.1) is 10.1 Å². The van der Waals surface area contributed by atoms with Crippen molar-refractivity contribution in [3.8, 4) is 0 Å². The molecular formula is C12H15N3O6. The van der Waals surface area contributed by atoms with Crippen LogP contribution in [0.25, 0.3) is 0 Å². The van der Waals surface area contributed by atoms with Crippen LogP contribution >= 0.6 is 0 Å². The second kappa shape index (κ2) is 6.02. The van der Waals surface area contributed by atoms with Crippen LogP contribution in [0.5, 0.6) is 0 Å². The highest BCUT2D eigenvalue weighted by Gasteiger charge is 2.29. The Morgan fingerprint density at radius 3 is 2.90 bits per heavy atom. The number of morpholine rings is 1. The summed E-state index contributed by atoms with van der Waals surface area (Å²) in [6.07, 6.45) is 0.359. The highest BCUT2D eigenvalue weighted by Crippen LogP contribution is 2.25. The predicted molar refractivity (Wildman–Crippen MR) is 71.5 cm³/mol. The molecule has 2 N–H and O–H groups in total. The van der Waals surface area contributed by atoms with Crippen molar-refractivity contribution in [2.75, 3.05) is 24.6 Å². The van der Waals surface area contributed by atoms with Gasteiger partial charge in [0.25, 0.3) is 5.69 Å². The lowest BCUT2D eigenvalue weighted by Crippen LogP contribution is -2.48. The third kappa shape index (κ3) is 3.26. The number of hydrogen-bond acceptors (Lipinski definition) is 7. The Hall–Kier alpha value is -2.26. The van der Waals surface area contributed by atoms with Crippen molar-refractivity contribution in [3.05, 3.63) is 27.9 Å². The molecule has 9 nitrogen and oxygen atoms in total. The molecule has 0 bridgehead atoms. The second-order valence-electron chi connectivity index (χ2n) is 4.78. The van der Waals surface area contributed by atoms with Crippen molar-refractivity contribution >= 4 is 17.5 Å². The van der Waals surface area contributed by atoms with Gasteiger partial charge >= 0.3 is 5.97 Å². The number of aromatic carboxylic acids is 1. The summed E-state index contributed by atoms with van der Waals surface area (Å²) in [5.74, 6) is -1.15. The first-order valence-corrected chi connectivity index (χ1v) is 6.31. The van der Waals surface area contributed by atoms with E-state index in [1.54, 1.807) is 11.8 Å². The maximum atomic E-state index is 11.3. The molecule has 2 rings (SSSR count). The standard InChI is InChI=1S/C12H15N3O6/c1-7-4-14(5-9(6-16)21-7)11-10(12(17)18)2-8(3-13-11)15(19)20/h2-3,7,9,16H,4-6H2,1H3,(H,17,18). The fraction of sp³-hybridized carbons (Fsp3) is 0.500. The summed E-state index contributed by atoms with van der Waals surface area (Å²) >= 11 is 0. The van der Waals surface area contributed by atoms with Gasteiger partial charge in [0.2, 0.25) is 0 Å². The summed E-state index contributed by atoms with van der Waals surface area (Å²) in [6, 6.07) is 0.985. The van der Waals surface area contributed by atoms with Crippen LogP contribution < -0.4 is 4.90 Å². The fourth-order valence-electron chi connectivity index (χ4n) is 2.27. The quantitative estimate of drug-likeness (QED) is 0.599. The number of aromatic nitrogens is 1. The van der Waals surface area contributed by atoms with E-state index >= 15 is 0 Å². The summed E-state index contributed by atoms with van der Waals surface area (Å²) < 4.78 is 5.47. The summed E-state index contributed by atoms with van der Waals surface area (Å²) in [6.45, 7) is 2.25. The van der Waals surface area contributed by atoms with E-state index in [1.165, 1.54) is 0 Å². The van der Waals surface area contributed by atoms with E-state index < -0.39 is 17.0 Å². The molecule has 21 heavy (non-hydrogen) atoms. The van der Waals surface area contributed by atoms with Crippen molar-refractivity contribution in [1.82, 2.24) is 4.98 Å². The number of aliphatic hydroxyl groups is 1. The van der Waals surface area contributed by atoms with Crippen LogP contribution in [0.2, 0.25) is 0 Å². The summed E-state index contributed by atoms with van der Waals surface area (Å²) in [5, 5.41) is 29.1. The zero-order valence-electron chi connectivity index (χ0n) is 11.3. The van der Waals surface area contributed by atoms with E-state index in [2.05, 4.69) is 4.98 Å². The van der Waals surface area contributed by atoms with Crippen LogP contribution in [0.1, 0.15) is 17.3 Å². The number of nitro groups is 1. The topological polar surface area (TPSA) is 126 Å². The molecule has 1 aliphatic heterocycles. The first kappa shape index (κ1) is 15.1. The lowest BCUT2D eigenvalue weighted by Gasteiger charge is -2.37. The number of rotatable bonds is 4. The Morgan fingerprint density at radius 2 is 2.33 bits per heavy atom. The SMILES string of the molecule is CC1CN(c2ncc([N+](=O)[O-])cc2C(=O)O)CC(CO)O1. The first-order chi connectivity index (χ1) is 9.92. The van der Waals surface area contributed by atoms with Gasteiger partial charge in [-0.05, 0) is 6.92 Å². The summed E-state index contributed by atoms with van der Waals surface area (Å²) in [7, 11) is 0. The smallest absolute Gasteiger partial charge is 0.339 e. The Kier molecular flexibility index (Phi) is 4.34. The molecule has 1 saturated heterocycles. The molecule has 2 heterocycles. The molecule has 0 spiro atoms. The molecular weight excluding hydrogens is 282 g/mol. The summed E-state index contributed by atoms with van der Waals surface area (Å²) in [4.78, 5) is 26.9. The van der Waals surface area contributed by atoms with E-state index in [-0.39, 0.29) is 36.3 Å². The van der Waals surface area contributed by atoms with Gasteiger partial charge in [-0.1, -0.05) is 0 Å². The zero-order chi connectivity index (χ0) is 15.6. The molecule has 0 radical (unpaired) electrons. The molecule has 1 fully saturated rings. The van der Waals surface area contributed by atoms with Crippen molar-refractivity contribution in [3.63, 3.8) is 0 Å². The van der Waals surface area contributed by atoms with Gasteiger partial charge in [-0.2, -0.15) is 0 Å². The number of carboxylic acid groups (broad SMARTS) is 1. The molecule has 0 amide bonds. The Balaban J connectivity index is 2.38. The van der Waals surface area contributed by atoms with Gasteiger partial charge in [0.15, 0.2) is 0 Å². The number of ether oxygens (including phenoxy) is 1. The first-order valence-electron chi connectivity index (χ1n) is 6.31. The number of hydrogen-bond donors (Lipinski definition) is 2. The molecule has 0 aromatic carbocycles. The molecule has 1 aromatic rings. The number of pyridine rings is 1. The van der Waals surface area contributed by atoms with Gasteiger partial charge in [0, 0.05) is 19.2 Å². The summed E-state index contributed by atoms with van der Waals surface area (Å²) in [5.41, 5.74) is -0.619. The van der Waals surface area contributed by atoms with Gasteiger partial charge in [0.1, 0.15) is 17.6 Å². The number of carboxylic acids is 1. The molecule has 2 unspecified atom stereocenters. The van der Waals surface area contributed by atoms with Crippen molar-refractivity contribution in [2.24, 2.45) is 0 Å². The van der Waals surface area contributed by atoms with Gasteiger partial charge in [-0.25, -0.2) is 9.78 Å². The number of carbonyl (C=O) groups is 1. The van der Waals surface area contributed by atoms with Crippen LogP contribution in [-0.2, 0) is 4.74 Å². The molecule has 2 atom stereocenters. The van der Waals surface area contributed by atoms with Crippen LogP contribution in [0.15, 0.2) is 12.3 Å². The van der Waals surface area contributed by atoms with Crippen molar-refractivity contribution in [1.29, 1.82) is 0 Å². The van der Waals surface area contributed by atoms with E-state index in [1.807, 2.05) is 0 Å². The maximum Gasteiger partial charge on any atom is 0.339 e. The largest absolute Gasteiger partial charge is 0.478 e. The lowest BCUT2D eigenvalue weighted by molar-refractivity contribution is -0.385. The normalized spacial score (nSPS) is 22.1. The highest BCUT2D eigenvalue weighted by molar-refractivity contribution is 5.94. The van der Waals surface area contributed by atoms with Gasteiger partial charge in [-0.3, -0.25) is 10.1 Å².